The minimum Gasteiger partial charge on any atom is -0.481 e. The summed E-state index contributed by atoms with van der Waals surface area (Å²) in [5, 5.41) is 23.8. The van der Waals surface area contributed by atoms with E-state index in [9.17, 15) is 23.8 Å². The van der Waals surface area contributed by atoms with Crippen molar-refractivity contribution < 1.29 is 32.9 Å². The highest BCUT2D eigenvalue weighted by Crippen LogP contribution is 2.38. The lowest BCUT2D eigenvalue weighted by Gasteiger charge is -2.17. The van der Waals surface area contributed by atoms with Crippen molar-refractivity contribution >= 4 is 39.5 Å². The molecule has 3 aromatic carbocycles. The van der Waals surface area contributed by atoms with Crippen molar-refractivity contribution in [2.24, 2.45) is 5.92 Å². The lowest BCUT2D eigenvalue weighted by atomic mass is 9.93. The van der Waals surface area contributed by atoms with E-state index < -0.39 is 18.5 Å². The molecular weight excluding hydrogens is 694 g/mol. The predicted octanol–water partition coefficient (Wildman–Crippen LogP) is 7.54. The zero-order valence-corrected chi connectivity index (χ0v) is 29.9. The molecule has 0 bridgehead atoms. The number of ether oxygens (including phenoxy) is 1. The quantitative estimate of drug-likeness (QED) is 0.122. The lowest BCUT2D eigenvalue weighted by Crippen LogP contribution is -2.23. The third-order valence-electron chi connectivity index (χ3n) is 10.6. The number of rotatable bonds is 11. The minimum atomic E-state index is -3.04. The maximum absolute atomic E-state index is 13.5. The third kappa shape index (κ3) is 7.22. The Labute approximate surface area is 310 Å². The number of alkyl halides is 2. The zero-order valence-electron chi connectivity index (χ0n) is 29.9. The van der Waals surface area contributed by atoms with Crippen molar-refractivity contribution in [3.05, 3.63) is 95.3 Å². The largest absolute Gasteiger partial charge is 0.481 e. The number of β-amino-alcohol motifs (C(OH)–C–C–N with tert-alkyl or cyclic N) is 1. The first-order chi connectivity index (χ1) is 26.1. The predicted molar refractivity (Wildman–Crippen MR) is 201 cm³/mol. The number of benzene rings is 3. The van der Waals surface area contributed by atoms with Crippen LogP contribution in [-0.4, -0.2) is 79.8 Å². The van der Waals surface area contributed by atoms with Gasteiger partial charge in [0.15, 0.2) is 11.4 Å². The molecule has 2 saturated heterocycles. The number of fused-ring (bicyclic) bond motifs is 2. The fraction of sp³-hybridized carbons (Fsp3) is 0.317. The highest BCUT2D eigenvalue weighted by Gasteiger charge is 2.29. The van der Waals surface area contributed by atoms with Crippen LogP contribution in [0.5, 0.6) is 5.75 Å². The average Bonchev–Trinajstić information content (AvgIpc) is 3.89. The maximum Gasteiger partial charge on any atom is 0.387 e. The molecule has 278 valence electrons. The number of carboxylic acids is 1. The van der Waals surface area contributed by atoms with Crippen molar-refractivity contribution in [2.75, 3.05) is 31.5 Å². The summed E-state index contributed by atoms with van der Waals surface area (Å²) in [6.07, 6.45) is 4.67. The number of halogens is 2. The first kappa shape index (κ1) is 35.5. The van der Waals surface area contributed by atoms with Gasteiger partial charge in [0.2, 0.25) is 5.89 Å². The Kier molecular flexibility index (Phi) is 9.69. The molecule has 8 rings (SSSR count). The van der Waals surface area contributed by atoms with E-state index in [0.29, 0.717) is 54.4 Å². The number of carbonyl (C=O) groups is 1. The Hall–Kier alpha value is -5.50. The van der Waals surface area contributed by atoms with Crippen molar-refractivity contribution in [3.63, 3.8) is 0 Å². The Morgan fingerprint density at radius 3 is 2.48 bits per heavy atom. The van der Waals surface area contributed by atoms with Gasteiger partial charge in [-0.3, -0.25) is 19.6 Å². The fourth-order valence-corrected chi connectivity index (χ4v) is 7.71. The van der Waals surface area contributed by atoms with Gasteiger partial charge in [-0.2, -0.15) is 8.78 Å². The second kappa shape index (κ2) is 14.7. The van der Waals surface area contributed by atoms with Gasteiger partial charge in [-0.25, -0.2) is 9.97 Å². The van der Waals surface area contributed by atoms with Gasteiger partial charge < -0.3 is 24.7 Å². The summed E-state index contributed by atoms with van der Waals surface area (Å²) >= 11 is 0. The van der Waals surface area contributed by atoms with Crippen LogP contribution in [0.3, 0.4) is 0 Å². The Morgan fingerprint density at radius 1 is 0.963 bits per heavy atom. The zero-order chi connectivity index (χ0) is 37.5. The molecule has 0 spiro atoms. The molecule has 3 aromatic heterocycles. The van der Waals surface area contributed by atoms with Crippen LogP contribution in [0.4, 0.5) is 20.3 Å². The summed E-state index contributed by atoms with van der Waals surface area (Å²) in [5.74, 6) is -0.393. The van der Waals surface area contributed by atoms with Crippen molar-refractivity contribution in [1.29, 1.82) is 0 Å². The van der Waals surface area contributed by atoms with Crippen LogP contribution in [0.2, 0.25) is 0 Å². The van der Waals surface area contributed by atoms with E-state index in [1.54, 1.807) is 12.3 Å². The van der Waals surface area contributed by atoms with Gasteiger partial charge in [-0.05, 0) is 91.4 Å². The number of hydrogen-bond donors (Lipinski definition) is 3. The molecule has 2 aliphatic rings. The molecule has 1 unspecified atom stereocenters. The fourth-order valence-electron chi connectivity index (χ4n) is 7.71. The highest BCUT2D eigenvalue weighted by atomic mass is 19.3. The van der Waals surface area contributed by atoms with Crippen LogP contribution in [0.25, 0.3) is 44.6 Å². The van der Waals surface area contributed by atoms with Crippen LogP contribution < -0.4 is 10.1 Å². The molecule has 2 atom stereocenters. The molecule has 0 saturated carbocycles. The van der Waals surface area contributed by atoms with Gasteiger partial charge in [-0.1, -0.05) is 24.3 Å². The van der Waals surface area contributed by atoms with Crippen molar-refractivity contribution in [1.82, 2.24) is 24.8 Å². The van der Waals surface area contributed by atoms with Crippen LogP contribution in [0, 0.1) is 19.8 Å². The van der Waals surface area contributed by atoms with Gasteiger partial charge in [0, 0.05) is 73.4 Å². The monoisotopic (exact) mass is 734 g/mol. The van der Waals surface area contributed by atoms with E-state index in [4.69, 9.17) is 19.1 Å². The molecule has 5 heterocycles. The molecule has 13 heteroatoms. The summed E-state index contributed by atoms with van der Waals surface area (Å²) in [6.45, 7) is 4.40. The van der Waals surface area contributed by atoms with Gasteiger partial charge in [0.25, 0.3) is 0 Å². The van der Waals surface area contributed by atoms with Crippen LogP contribution in [0.1, 0.15) is 35.1 Å². The molecule has 0 aliphatic carbocycles. The van der Waals surface area contributed by atoms with Crippen molar-refractivity contribution in [2.45, 2.75) is 52.5 Å². The van der Waals surface area contributed by atoms with Crippen LogP contribution in [0.15, 0.2) is 77.5 Å². The summed E-state index contributed by atoms with van der Waals surface area (Å²) in [6, 6.07) is 19.2. The Balaban J connectivity index is 1.07. The van der Waals surface area contributed by atoms with Gasteiger partial charge in [0.05, 0.1) is 12.0 Å². The number of hydrogen-bond acceptors (Lipinski definition) is 10. The summed E-state index contributed by atoms with van der Waals surface area (Å²) < 4.78 is 38.0. The molecule has 0 amide bonds. The number of aromatic nitrogens is 3. The number of aliphatic hydroxyl groups is 1. The van der Waals surface area contributed by atoms with E-state index in [1.165, 1.54) is 6.07 Å². The number of anilines is 2. The second-order valence-corrected chi connectivity index (χ2v) is 14.2. The molecule has 54 heavy (non-hydrogen) atoms. The smallest absolute Gasteiger partial charge is 0.387 e. The highest BCUT2D eigenvalue weighted by molar-refractivity contribution is 5.91. The lowest BCUT2D eigenvalue weighted by molar-refractivity contribution is -0.141. The first-order valence-electron chi connectivity index (χ1n) is 18.0. The molecule has 6 aromatic rings. The normalized spacial score (nSPS) is 18.0. The standard InChI is InChI=1S/C41H40F2N6O5/c1-23-30(31-6-4-8-33(24(31)2)46-38-37-26(9-12-44-38)15-25(18-45-37)19-48-14-11-29(50)22-48)5-3-7-32(23)39-47-34-16-28(21-49-13-10-27(20-49)40(51)52)35(54-41(42)43)17-36(34)53-39/h3-9,12,15-18,27,29,41,50H,10-11,13-14,19-22H2,1-2H3,(H,44,46)(H,51,52)/t27-,29?/m1/s1. The molecule has 2 aliphatic heterocycles. The van der Waals surface area contributed by atoms with Crippen LogP contribution >= 0.6 is 0 Å². The SMILES string of the molecule is Cc1c(Nc2nccc3cc(CN4CCC(O)C4)cnc23)cccc1-c1cccc(-c2nc3cc(CN4CC[C@@H](C(=O)O)C4)c(OC(F)F)cc3o2)c1C. The van der Waals surface area contributed by atoms with Crippen molar-refractivity contribution in [3.8, 4) is 28.3 Å². The first-order valence-corrected chi connectivity index (χ1v) is 18.0. The number of oxazole rings is 1. The number of carboxylic acid groups (broad SMARTS) is 1. The number of aliphatic carboxylic acids is 1. The molecule has 3 N–H and O–H groups in total. The second-order valence-electron chi connectivity index (χ2n) is 14.2. The van der Waals surface area contributed by atoms with E-state index >= 15 is 0 Å². The maximum atomic E-state index is 13.5. The van der Waals surface area contributed by atoms with Gasteiger partial charge >= 0.3 is 12.6 Å². The van der Waals surface area contributed by atoms with E-state index in [0.717, 1.165) is 69.5 Å². The summed E-state index contributed by atoms with van der Waals surface area (Å²) in [4.78, 5) is 29.8. The number of pyridine rings is 2. The topological polar surface area (TPSA) is 137 Å². The molecule has 2 fully saturated rings. The summed E-state index contributed by atoms with van der Waals surface area (Å²) in [7, 11) is 0. The number of aliphatic hydroxyl groups excluding tert-OH is 1. The molecule has 0 radical (unpaired) electrons. The van der Waals surface area contributed by atoms with Gasteiger partial charge in [0.1, 0.15) is 16.8 Å². The minimum absolute atomic E-state index is 0.0245. The average molecular weight is 735 g/mol. The van der Waals surface area contributed by atoms with E-state index in [1.807, 2.05) is 54.4 Å². The molecule has 11 nitrogen and oxygen atoms in total. The number of nitrogens with zero attached hydrogens (tertiary/aromatic N) is 5. The third-order valence-corrected chi connectivity index (χ3v) is 10.6. The summed E-state index contributed by atoms with van der Waals surface area (Å²) in [5.41, 5.74) is 8.65. The Bertz CT molecular complexity index is 2370. The Morgan fingerprint density at radius 2 is 1.72 bits per heavy atom. The number of likely N-dealkylation sites (tertiary alicyclic amines) is 2. The molecular formula is C41H40F2N6O5. The van der Waals surface area contributed by atoms with E-state index in [-0.39, 0.29) is 18.4 Å². The van der Waals surface area contributed by atoms with E-state index in [2.05, 4.69) is 34.3 Å². The number of nitrogens with one attached hydrogen (secondary N) is 1. The van der Waals surface area contributed by atoms with Gasteiger partial charge in [-0.15, -0.1) is 0 Å². The van der Waals surface area contributed by atoms with Crippen LogP contribution in [-0.2, 0) is 17.9 Å².